The molecule has 0 aromatic carbocycles. The Morgan fingerprint density at radius 3 is 2.49 bits per heavy atom. The Kier molecular flexibility index (Phi) is 4.49. The largest absolute Gasteiger partial charge is 0.472 e. The molecular formula is C27H34O8. The highest BCUT2D eigenvalue weighted by atomic mass is 16.7. The van der Waals surface area contributed by atoms with Crippen molar-refractivity contribution in [2.45, 2.75) is 89.8 Å². The number of fused-ring (bicyclic) bond motifs is 3. The molecule has 0 radical (unpaired) electrons. The molecule has 0 N–H and O–H groups in total. The highest BCUT2D eigenvalue weighted by Gasteiger charge is 2.89. The Morgan fingerprint density at radius 1 is 1.09 bits per heavy atom. The second-order valence-electron chi connectivity index (χ2n) is 12.4. The lowest BCUT2D eigenvalue weighted by Gasteiger charge is -2.64. The van der Waals surface area contributed by atoms with Gasteiger partial charge in [0.05, 0.1) is 43.2 Å². The molecule has 190 valence electrons. The van der Waals surface area contributed by atoms with Crippen molar-refractivity contribution in [1.29, 1.82) is 0 Å². The van der Waals surface area contributed by atoms with Gasteiger partial charge in [0.1, 0.15) is 17.5 Å². The molecule has 9 atom stereocenters. The van der Waals surface area contributed by atoms with Crippen molar-refractivity contribution in [2.75, 3.05) is 7.11 Å². The van der Waals surface area contributed by atoms with Gasteiger partial charge in [-0.1, -0.05) is 13.8 Å². The van der Waals surface area contributed by atoms with Crippen molar-refractivity contribution in [2.24, 2.45) is 28.1 Å². The fourth-order valence-corrected chi connectivity index (χ4v) is 9.17. The number of ether oxygens (including phenoxy) is 4. The van der Waals surface area contributed by atoms with Crippen LogP contribution in [-0.2, 0) is 33.3 Å². The molecule has 1 spiro atoms. The van der Waals surface area contributed by atoms with Crippen molar-refractivity contribution in [1.82, 2.24) is 0 Å². The van der Waals surface area contributed by atoms with E-state index < -0.39 is 51.7 Å². The summed E-state index contributed by atoms with van der Waals surface area (Å²) >= 11 is 0. The second kappa shape index (κ2) is 6.76. The highest BCUT2D eigenvalue weighted by Crippen LogP contribution is 2.79. The molecule has 1 aromatic heterocycles. The molecule has 8 nitrogen and oxygen atoms in total. The summed E-state index contributed by atoms with van der Waals surface area (Å²) in [5, 5.41) is 0. The van der Waals surface area contributed by atoms with Gasteiger partial charge in [-0.05, 0) is 45.6 Å². The molecule has 2 saturated carbocycles. The first kappa shape index (κ1) is 23.2. The van der Waals surface area contributed by atoms with Crippen LogP contribution < -0.4 is 0 Å². The number of furan rings is 1. The SMILES string of the molecule is COC(=O)C[C@H]1OC(C)(C)C2CC(=O)[C@]3(C)C(CC[C@@]4(C)[C@H](c5ccoc5)OC(=O)[C@H]5O[C@]543)[C@]21C. The van der Waals surface area contributed by atoms with Gasteiger partial charge < -0.3 is 23.4 Å². The Morgan fingerprint density at radius 2 is 1.83 bits per heavy atom. The lowest BCUT2D eigenvalue weighted by atomic mass is 9.37. The Hall–Kier alpha value is -2.19. The van der Waals surface area contributed by atoms with Gasteiger partial charge in [-0.15, -0.1) is 0 Å². The normalized spacial score (nSPS) is 49.3. The zero-order valence-electron chi connectivity index (χ0n) is 21.2. The molecule has 2 unspecified atom stereocenters. The third-order valence-electron chi connectivity index (χ3n) is 10.8. The van der Waals surface area contributed by atoms with E-state index in [0.717, 1.165) is 12.0 Å². The first-order chi connectivity index (χ1) is 16.4. The number of esters is 2. The predicted molar refractivity (Wildman–Crippen MR) is 121 cm³/mol. The van der Waals surface area contributed by atoms with E-state index in [0.29, 0.717) is 12.8 Å². The van der Waals surface area contributed by atoms with Crippen molar-refractivity contribution in [3.05, 3.63) is 24.2 Å². The van der Waals surface area contributed by atoms with Crippen LogP contribution in [0, 0.1) is 28.1 Å². The minimum Gasteiger partial charge on any atom is -0.472 e. The second-order valence-corrected chi connectivity index (χ2v) is 12.4. The van der Waals surface area contributed by atoms with Gasteiger partial charge in [0.25, 0.3) is 0 Å². The minimum atomic E-state index is -0.978. The first-order valence-electron chi connectivity index (χ1n) is 12.6. The van der Waals surface area contributed by atoms with Crippen molar-refractivity contribution >= 4 is 17.7 Å². The van der Waals surface area contributed by atoms with Crippen molar-refractivity contribution < 1.29 is 37.7 Å². The molecule has 3 aliphatic heterocycles. The van der Waals surface area contributed by atoms with Crippen LogP contribution in [-0.4, -0.2) is 48.2 Å². The average molecular weight is 487 g/mol. The van der Waals surface area contributed by atoms with Gasteiger partial charge in [-0.2, -0.15) is 0 Å². The van der Waals surface area contributed by atoms with Gasteiger partial charge >= 0.3 is 11.9 Å². The fraction of sp³-hybridized carbons (Fsp3) is 0.741. The van der Waals surface area contributed by atoms with Crippen LogP contribution in [0.15, 0.2) is 23.0 Å². The smallest absolute Gasteiger partial charge is 0.339 e. The topological polar surface area (TPSA) is 105 Å². The molecule has 0 amide bonds. The average Bonchev–Trinajstić information content (AvgIpc) is 3.30. The van der Waals surface area contributed by atoms with E-state index in [-0.39, 0.29) is 30.0 Å². The number of ketones is 1. The summed E-state index contributed by atoms with van der Waals surface area (Å²) in [6, 6.07) is 1.81. The van der Waals surface area contributed by atoms with Crippen LogP contribution in [0.4, 0.5) is 0 Å². The first-order valence-corrected chi connectivity index (χ1v) is 12.6. The predicted octanol–water partition coefficient (Wildman–Crippen LogP) is 3.77. The fourth-order valence-electron chi connectivity index (χ4n) is 9.17. The molecule has 4 heterocycles. The van der Waals surface area contributed by atoms with Gasteiger partial charge in [-0.3, -0.25) is 9.59 Å². The minimum absolute atomic E-state index is 0.0617. The summed E-state index contributed by atoms with van der Waals surface area (Å²) < 4.78 is 29.2. The summed E-state index contributed by atoms with van der Waals surface area (Å²) in [6.45, 7) is 10.3. The van der Waals surface area contributed by atoms with E-state index in [4.69, 9.17) is 23.4 Å². The quantitative estimate of drug-likeness (QED) is 0.470. The molecule has 5 aliphatic rings. The molecule has 3 saturated heterocycles. The van der Waals surface area contributed by atoms with Crippen LogP contribution >= 0.6 is 0 Å². The van der Waals surface area contributed by atoms with Crippen LogP contribution in [0.1, 0.15) is 72.0 Å². The number of methoxy groups -OCH3 is 1. The molecule has 5 fully saturated rings. The van der Waals surface area contributed by atoms with Gasteiger partial charge in [0.15, 0.2) is 6.10 Å². The molecule has 8 heteroatoms. The molecule has 2 aliphatic carbocycles. The van der Waals surface area contributed by atoms with Crippen molar-refractivity contribution in [3.8, 4) is 0 Å². The van der Waals surface area contributed by atoms with Crippen LogP contribution in [0.3, 0.4) is 0 Å². The molecule has 35 heavy (non-hydrogen) atoms. The van der Waals surface area contributed by atoms with Crippen LogP contribution in [0.5, 0.6) is 0 Å². The van der Waals surface area contributed by atoms with E-state index in [1.165, 1.54) is 7.11 Å². The maximum absolute atomic E-state index is 14.2. The third-order valence-corrected chi connectivity index (χ3v) is 10.8. The number of hydrogen-bond acceptors (Lipinski definition) is 8. The number of carbonyl (C=O) groups excluding carboxylic acids is 3. The summed E-state index contributed by atoms with van der Waals surface area (Å²) in [4.78, 5) is 39.8. The number of hydrogen-bond donors (Lipinski definition) is 0. The van der Waals surface area contributed by atoms with E-state index in [1.54, 1.807) is 12.5 Å². The maximum atomic E-state index is 14.2. The number of epoxide rings is 1. The van der Waals surface area contributed by atoms with Crippen LogP contribution in [0.2, 0.25) is 0 Å². The summed E-state index contributed by atoms with van der Waals surface area (Å²) in [6.07, 6.45) is 3.31. The maximum Gasteiger partial charge on any atom is 0.339 e. The molecule has 0 bridgehead atoms. The van der Waals surface area contributed by atoms with Gasteiger partial charge in [0.2, 0.25) is 0 Å². The Balaban J connectivity index is 1.49. The summed E-state index contributed by atoms with van der Waals surface area (Å²) in [7, 11) is 1.38. The standard InChI is InChI=1S/C27H34O8/c1-23(2)16-11-17(28)26(5)15(25(16,4)18(34-23)12-19(29)31-6)7-9-24(3)20(14-8-10-32-13-14)33-22(30)21-27(24,26)35-21/h8,10,13,15-16,18,20-21H,7,9,11-12H2,1-6H3/t15?,16?,18-,20+,21-,24+,25-,26+,27-/m1/s1. The Labute approximate surface area is 205 Å². The third kappa shape index (κ3) is 2.48. The van der Waals surface area contributed by atoms with E-state index in [2.05, 4.69) is 13.8 Å². The van der Waals surface area contributed by atoms with E-state index in [9.17, 15) is 14.4 Å². The lowest BCUT2D eigenvalue weighted by molar-refractivity contribution is -0.211. The van der Waals surface area contributed by atoms with Crippen LogP contribution in [0.25, 0.3) is 0 Å². The monoisotopic (exact) mass is 486 g/mol. The summed E-state index contributed by atoms with van der Waals surface area (Å²) in [5.74, 6) is -0.842. The number of carbonyl (C=O) groups is 3. The van der Waals surface area contributed by atoms with E-state index >= 15 is 0 Å². The number of cyclic esters (lactones) is 1. The zero-order chi connectivity index (χ0) is 25.2. The zero-order valence-corrected chi connectivity index (χ0v) is 21.2. The van der Waals surface area contributed by atoms with Gasteiger partial charge in [0, 0.05) is 28.7 Å². The molecule has 1 aromatic rings. The highest BCUT2D eigenvalue weighted by molar-refractivity contribution is 5.93. The summed E-state index contributed by atoms with van der Waals surface area (Å²) in [5.41, 5.74) is -2.79. The van der Waals surface area contributed by atoms with Gasteiger partial charge in [-0.25, -0.2) is 4.79 Å². The Bertz CT molecular complexity index is 1110. The van der Waals surface area contributed by atoms with E-state index in [1.807, 2.05) is 26.8 Å². The molecular weight excluding hydrogens is 452 g/mol. The molecule has 6 rings (SSSR count). The number of Topliss-reactive ketones (excluding diaryl/α,β-unsaturated/α-hetero) is 1. The van der Waals surface area contributed by atoms with Crippen molar-refractivity contribution in [3.63, 3.8) is 0 Å². The number of rotatable bonds is 3. The lowest BCUT2D eigenvalue weighted by Crippen LogP contribution is -2.71.